The van der Waals surface area contributed by atoms with E-state index >= 15 is 0 Å². The van der Waals surface area contributed by atoms with Crippen molar-refractivity contribution in [3.63, 3.8) is 0 Å². The molecule has 2 aliphatic carbocycles. The Morgan fingerprint density at radius 2 is 1.57 bits per heavy atom. The first-order chi connectivity index (χ1) is 10.3. The molecule has 0 aromatic heterocycles. The summed E-state index contributed by atoms with van der Waals surface area (Å²) in [6.45, 7) is 0. The number of halogens is 1. The predicted octanol–water partition coefficient (Wildman–Crippen LogP) is 5.20. The van der Waals surface area contributed by atoms with Crippen molar-refractivity contribution in [2.45, 2.75) is 12.8 Å². The van der Waals surface area contributed by atoms with Crippen molar-refractivity contribution in [2.75, 3.05) is 0 Å². The molecule has 2 aromatic rings. The monoisotopic (exact) mass is 292 g/mol. The van der Waals surface area contributed by atoms with E-state index < -0.39 is 0 Å². The van der Waals surface area contributed by atoms with Crippen LogP contribution in [0.4, 0.5) is 0 Å². The van der Waals surface area contributed by atoms with Crippen LogP contribution in [0.2, 0.25) is 0 Å². The van der Waals surface area contributed by atoms with Gasteiger partial charge in [-0.1, -0.05) is 60.1 Å². The molecule has 2 heteroatoms. The molecule has 0 fully saturated rings. The average Bonchev–Trinajstić information content (AvgIpc) is 2.81. The molecule has 0 unspecified atom stereocenters. The Hall–Kier alpha value is -2.12. The highest BCUT2D eigenvalue weighted by molar-refractivity contribution is 6.32. The van der Waals surface area contributed by atoms with Crippen LogP contribution in [0.15, 0.2) is 59.6 Å². The van der Waals surface area contributed by atoms with Crippen LogP contribution in [-0.4, -0.2) is 5.78 Å². The van der Waals surface area contributed by atoms with Gasteiger partial charge in [0, 0.05) is 16.2 Å². The molecular formula is C19H13ClO. The fraction of sp³-hybridized carbons (Fsp3) is 0.105. The lowest BCUT2D eigenvalue weighted by molar-refractivity contribution is 0.104. The third kappa shape index (κ3) is 1.89. The van der Waals surface area contributed by atoms with Crippen LogP contribution in [-0.2, 0) is 0 Å². The molecule has 0 bridgehead atoms. The second-order valence-corrected chi connectivity index (χ2v) is 5.84. The molecule has 0 spiro atoms. The lowest BCUT2D eigenvalue weighted by Crippen LogP contribution is -2.01. The first-order valence-electron chi connectivity index (χ1n) is 7.09. The van der Waals surface area contributed by atoms with E-state index in [4.69, 9.17) is 11.6 Å². The van der Waals surface area contributed by atoms with Crippen molar-refractivity contribution >= 4 is 23.0 Å². The summed E-state index contributed by atoms with van der Waals surface area (Å²) in [4.78, 5) is 12.8. The van der Waals surface area contributed by atoms with Gasteiger partial charge in [-0.05, 0) is 41.2 Å². The Kier molecular flexibility index (Phi) is 2.83. The maximum absolute atomic E-state index is 12.8. The minimum Gasteiger partial charge on any atom is -0.289 e. The molecule has 102 valence electrons. The molecule has 0 amide bonds. The number of benzene rings is 2. The molecule has 0 N–H and O–H groups in total. The Balaban J connectivity index is 1.95. The van der Waals surface area contributed by atoms with Gasteiger partial charge in [0.1, 0.15) is 0 Å². The zero-order valence-electron chi connectivity index (χ0n) is 11.4. The lowest BCUT2D eigenvalue weighted by Gasteiger charge is -2.14. The van der Waals surface area contributed by atoms with Crippen LogP contribution in [0, 0.1) is 0 Å². The number of carbonyl (C=O) groups is 1. The van der Waals surface area contributed by atoms with Crippen molar-refractivity contribution in [2.24, 2.45) is 0 Å². The topological polar surface area (TPSA) is 17.1 Å². The van der Waals surface area contributed by atoms with Gasteiger partial charge < -0.3 is 0 Å². The van der Waals surface area contributed by atoms with Crippen LogP contribution >= 0.6 is 11.6 Å². The highest BCUT2D eigenvalue weighted by Gasteiger charge is 2.29. The smallest absolute Gasteiger partial charge is 0.194 e. The molecular weight excluding hydrogens is 280 g/mol. The predicted molar refractivity (Wildman–Crippen MR) is 86.5 cm³/mol. The number of rotatable bonds is 1. The number of carbonyl (C=O) groups excluding carboxylic acids is 1. The van der Waals surface area contributed by atoms with Crippen LogP contribution in [0.1, 0.15) is 34.3 Å². The van der Waals surface area contributed by atoms with Crippen molar-refractivity contribution in [1.82, 2.24) is 0 Å². The normalized spacial score (nSPS) is 16.1. The largest absolute Gasteiger partial charge is 0.289 e. The number of fused-ring (bicyclic) bond motifs is 3. The minimum atomic E-state index is 0.128. The molecule has 0 radical (unpaired) electrons. The summed E-state index contributed by atoms with van der Waals surface area (Å²) in [5.74, 6) is 0.128. The van der Waals surface area contributed by atoms with Gasteiger partial charge in [-0.3, -0.25) is 4.79 Å². The molecule has 0 atom stereocenters. The van der Waals surface area contributed by atoms with E-state index in [9.17, 15) is 4.79 Å². The molecule has 0 aliphatic heterocycles. The number of ketones is 1. The van der Waals surface area contributed by atoms with E-state index in [0.717, 1.165) is 51.3 Å². The van der Waals surface area contributed by atoms with E-state index in [1.54, 1.807) is 0 Å². The van der Waals surface area contributed by atoms with Gasteiger partial charge in [0.25, 0.3) is 0 Å². The standard InChI is InChI=1S/C19H13ClO/c20-13-6-3-5-12(11-13)14-9-4-10-16-15-7-1-2-8-17(15)19(21)18(14)16/h1-2,4,6-11H,3,5H2. The van der Waals surface area contributed by atoms with Gasteiger partial charge in [-0.2, -0.15) is 0 Å². The van der Waals surface area contributed by atoms with Gasteiger partial charge in [0.15, 0.2) is 5.78 Å². The number of hydrogen-bond donors (Lipinski definition) is 0. The van der Waals surface area contributed by atoms with E-state index in [1.807, 2.05) is 54.6 Å². The van der Waals surface area contributed by atoms with Crippen LogP contribution < -0.4 is 0 Å². The molecule has 2 aromatic carbocycles. The second-order valence-electron chi connectivity index (χ2n) is 5.40. The first kappa shape index (κ1) is 12.6. The maximum atomic E-state index is 12.8. The van der Waals surface area contributed by atoms with Gasteiger partial charge in [0.2, 0.25) is 0 Å². The Morgan fingerprint density at radius 1 is 0.857 bits per heavy atom. The molecule has 0 saturated heterocycles. The summed E-state index contributed by atoms with van der Waals surface area (Å²) in [7, 11) is 0. The van der Waals surface area contributed by atoms with Crippen LogP contribution in [0.3, 0.4) is 0 Å². The van der Waals surface area contributed by atoms with E-state index in [0.29, 0.717) is 0 Å². The van der Waals surface area contributed by atoms with Crippen molar-refractivity contribution < 1.29 is 4.79 Å². The third-order valence-corrected chi connectivity index (χ3v) is 4.43. The Labute approximate surface area is 128 Å². The molecule has 21 heavy (non-hydrogen) atoms. The summed E-state index contributed by atoms with van der Waals surface area (Å²) < 4.78 is 0. The minimum absolute atomic E-state index is 0.128. The summed E-state index contributed by atoms with van der Waals surface area (Å²) in [5, 5.41) is 0.761. The van der Waals surface area contributed by atoms with Gasteiger partial charge >= 0.3 is 0 Å². The third-order valence-electron chi connectivity index (χ3n) is 4.16. The summed E-state index contributed by atoms with van der Waals surface area (Å²) in [6, 6.07) is 13.9. The highest BCUT2D eigenvalue weighted by atomic mass is 35.5. The van der Waals surface area contributed by atoms with Crippen molar-refractivity contribution in [3.8, 4) is 11.1 Å². The summed E-state index contributed by atoms with van der Waals surface area (Å²) in [6.07, 6.45) is 5.85. The number of hydrogen-bond acceptors (Lipinski definition) is 1. The summed E-state index contributed by atoms with van der Waals surface area (Å²) in [5.41, 5.74) is 5.90. The average molecular weight is 293 g/mol. The molecule has 1 nitrogen and oxygen atoms in total. The van der Waals surface area contributed by atoms with E-state index in [1.165, 1.54) is 0 Å². The number of allylic oxidation sites excluding steroid dienone is 4. The van der Waals surface area contributed by atoms with E-state index in [-0.39, 0.29) is 5.78 Å². The van der Waals surface area contributed by atoms with E-state index in [2.05, 4.69) is 0 Å². The van der Waals surface area contributed by atoms with Crippen molar-refractivity contribution in [3.05, 3.63) is 76.3 Å². The first-order valence-corrected chi connectivity index (χ1v) is 7.47. The van der Waals surface area contributed by atoms with Crippen molar-refractivity contribution in [1.29, 1.82) is 0 Å². The van der Waals surface area contributed by atoms with Gasteiger partial charge in [-0.25, -0.2) is 0 Å². The van der Waals surface area contributed by atoms with Crippen LogP contribution in [0.25, 0.3) is 16.7 Å². The maximum Gasteiger partial charge on any atom is 0.194 e. The van der Waals surface area contributed by atoms with Gasteiger partial charge in [-0.15, -0.1) is 0 Å². The fourth-order valence-electron chi connectivity index (χ4n) is 3.22. The molecule has 2 aliphatic rings. The molecule has 0 saturated carbocycles. The van der Waals surface area contributed by atoms with Gasteiger partial charge in [0.05, 0.1) is 0 Å². The zero-order chi connectivity index (χ0) is 14.4. The zero-order valence-corrected chi connectivity index (χ0v) is 12.2. The second kappa shape index (κ2) is 4.71. The Morgan fingerprint density at radius 3 is 2.38 bits per heavy atom. The molecule has 4 rings (SSSR count). The Bertz CT molecular complexity index is 827. The lowest BCUT2D eigenvalue weighted by atomic mass is 9.91. The molecule has 0 heterocycles. The summed E-state index contributed by atoms with van der Waals surface area (Å²) >= 11 is 6.14. The highest BCUT2D eigenvalue weighted by Crippen LogP contribution is 2.41. The quantitative estimate of drug-likeness (QED) is 0.602. The SMILES string of the molecule is O=C1c2ccccc2-c2cccc(C3=CC(Cl)=CCC3)c21. The fourth-order valence-corrected chi connectivity index (χ4v) is 3.46. The van der Waals surface area contributed by atoms with Crippen LogP contribution in [0.5, 0.6) is 0 Å².